The van der Waals surface area contributed by atoms with Crippen molar-refractivity contribution in [3.05, 3.63) is 30.0 Å². The number of hydrogen-bond donors (Lipinski definition) is 0. The average molecular weight is 418 g/mol. The zero-order valence-corrected chi connectivity index (χ0v) is 11.9. The molecule has 2 aromatic rings. The molecule has 0 N–H and O–H groups in total. The Bertz CT molecular complexity index is 436. The summed E-state index contributed by atoms with van der Waals surface area (Å²) in [5.74, 6) is 0. The summed E-state index contributed by atoms with van der Waals surface area (Å²) < 4.78 is 4.95. The van der Waals surface area contributed by atoms with Gasteiger partial charge < -0.3 is 0 Å². The van der Waals surface area contributed by atoms with Crippen LogP contribution in [0.2, 0.25) is 0 Å². The maximum atomic E-state index is 3.48. The molecule has 2 rings (SSSR count). The van der Waals surface area contributed by atoms with Crippen LogP contribution in [0.5, 0.6) is 0 Å². The Labute approximate surface area is 105 Å². The second-order valence-corrected chi connectivity index (χ2v) is 6.89. The SMILES string of the molecule is Brc1cc(I)c2cc(Br)sc2c1. The lowest BCUT2D eigenvalue weighted by Crippen LogP contribution is -1.71. The summed E-state index contributed by atoms with van der Waals surface area (Å²) in [4.78, 5) is 0. The minimum absolute atomic E-state index is 1.15. The van der Waals surface area contributed by atoms with E-state index in [4.69, 9.17) is 0 Å². The van der Waals surface area contributed by atoms with Crippen molar-refractivity contribution >= 4 is 75.9 Å². The van der Waals surface area contributed by atoms with Gasteiger partial charge in [-0.25, -0.2) is 0 Å². The van der Waals surface area contributed by atoms with Crippen molar-refractivity contribution in [3.8, 4) is 0 Å². The van der Waals surface area contributed by atoms with Crippen LogP contribution in [-0.4, -0.2) is 0 Å². The lowest BCUT2D eigenvalue weighted by molar-refractivity contribution is 1.71. The maximum absolute atomic E-state index is 3.48. The number of rotatable bonds is 0. The molecule has 0 aliphatic rings. The van der Waals surface area contributed by atoms with E-state index in [0.717, 1.165) is 4.47 Å². The molecule has 4 heteroatoms. The van der Waals surface area contributed by atoms with Gasteiger partial charge in [0.2, 0.25) is 0 Å². The van der Waals surface area contributed by atoms with Gasteiger partial charge in [-0.2, -0.15) is 0 Å². The van der Waals surface area contributed by atoms with Gasteiger partial charge in [0.15, 0.2) is 0 Å². The van der Waals surface area contributed by atoms with Crippen LogP contribution >= 0.6 is 65.8 Å². The predicted octanol–water partition coefficient (Wildman–Crippen LogP) is 5.03. The van der Waals surface area contributed by atoms with Gasteiger partial charge in [-0.15, -0.1) is 11.3 Å². The largest absolute Gasteiger partial charge is 0.128 e. The third-order valence-corrected chi connectivity index (χ3v) is 4.46. The van der Waals surface area contributed by atoms with Crippen molar-refractivity contribution in [2.24, 2.45) is 0 Å². The van der Waals surface area contributed by atoms with Gasteiger partial charge in [0.1, 0.15) is 0 Å². The molecule has 0 aliphatic carbocycles. The molecule has 0 bridgehead atoms. The first-order chi connectivity index (χ1) is 5.66. The van der Waals surface area contributed by atoms with Crippen molar-refractivity contribution < 1.29 is 0 Å². The average Bonchev–Trinajstić information content (AvgIpc) is 2.29. The number of thiophene rings is 1. The van der Waals surface area contributed by atoms with Gasteiger partial charge in [0.05, 0.1) is 3.79 Å². The summed E-state index contributed by atoms with van der Waals surface area (Å²) in [6, 6.07) is 6.43. The summed E-state index contributed by atoms with van der Waals surface area (Å²) in [7, 11) is 0. The van der Waals surface area contributed by atoms with Crippen molar-refractivity contribution in [3.63, 3.8) is 0 Å². The summed E-state index contributed by atoms with van der Waals surface area (Å²) in [5.41, 5.74) is 0. The molecule has 0 amide bonds. The first-order valence-corrected chi connectivity index (χ1v) is 6.69. The first-order valence-electron chi connectivity index (χ1n) is 3.21. The van der Waals surface area contributed by atoms with Gasteiger partial charge in [-0.05, 0) is 56.7 Å². The standard InChI is InChI=1S/C8H3Br2IS/c9-4-1-6(11)5-3-8(10)12-7(5)2-4/h1-3H. The maximum Gasteiger partial charge on any atom is 0.0711 e. The Morgan fingerprint density at radius 3 is 2.67 bits per heavy atom. The number of hydrogen-bond acceptors (Lipinski definition) is 1. The molecule has 0 saturated heterocycles. The van der Waals surface area contributed by atoms with Crippen LogP contribution < -0.4 is 0 Å². The lowest BCUT2D eigenvalue weighted by atomic mass is 10.3. The van der Waals surface area contributed by atoms with E-state index in [-0.39, 0.29) is 0 Å². The molecule has 1 heterocycles. The second-order valence-electron chi connectivity index (χ2n) is 2.35. The van der Waals surface area contributed by atoms with E-state index in [1.165, 1.54) is 17.4 Å². The smallest absolute Gasteiger partial charge is 0.0711 e. The molecule has 1 aromatic heterocycles. The Morgan fingerprint density at radius 2 is 1.92 bits per heavy atom. The van der Waals surface area contributed by atoms with Gasteiger partial charge in [0.25, 0.3) is 0 Å². The van der Waals surface area contributed by atoms with Crippen molar-refractivity contribution in [2.75, 3.05) is 0 Å². The monoisotopic (exact) mass is 416 g/mol. The van der Waals surface area contributed by atoms with Crippen LogP contribution in [0.3, 0.4) is 0 Å². The van der Waals surface area contributed by atoms with Gasteiger partial charge >= 0.3 is 0 Å². The van der Waals surface area contributed by atoms with E-state index < -0.39 is 0 Å². The van der Waals surface area contributed by atoms with Crippen LogP contribution in [0, 0.1) is 3.57 Å². The molecule has 62 valence electrons. The highest BCUT2D eigenvalue weighted by Gasteiger charge is 2.03. The van der Waals surface area contributed by atoms with E-state index >= 15 is 0 Å². The predicted molar refractivity (Wildman–Crippen MR) is 69.9 cm³/mol. The molecule has 0 radical (unpaired) electrons. The first kappa shape index (κ1) is 9.43. The molecule has 0 aliphatic heterocycles. The molecule has 0 unspecified atom stereocenters. The Kier molecular flexibility index (Phi) is 2.79. The van der Waals surface area contributed by atoms with E-state index in [2.05, 4.69) is 72.6 Å². The summed E-state index contributed by atoms with van der Waals surface area (Å²) in [5, 5.41) is 1.33. The molecule has 1 aromatic carbocycles. The summed E-state index contributed by atoms with van der Waals surface area (Å²) >= 11 is 11.1. The normalized spacial score (nSPS) is 10.9. The minimum atomic E-state index is 1.15. The van der Waals surface area contributed by atoms with Gasteiger partial charge in [-0.3, -0.25) is 0 Å². The molecule has 12 heavy (non-hydrogen) atoms. The van der Waals surface area contributed by atoms with Crippen molar-refractivity contribution in [1.82, 2.24) is 0 Å². The molecular formula is C8H3Br2IS. The van der Waals surface area contributed by atoms with E-state index in [9.17, 15) is 0 Å². The molecule has 0 atom stereocenters. The molecule has 0 spiro atoms. The highest BCUT2D eigenvalue weighted by atomic mass is 127. The summed E-state index contributed by atoms with van der Waals surface area (Å²) in [6.07, 6.45) is 0. The quantitative estimate of drug-likeness (QED) is 0.527. The fourth-order valence-corrected chi connectivity index (χ4v) is 4.64. The van der Waals surface area contributed by atoms with Gasteiger partial charge in [0, 0.05) is 18.1 Å². The van der Waals surface area contributed by atoms with Crippen LogP contribution in [0.15, 0.2) is 26.5 Å². The Morgan fingerprint density at radius 1 is 1.17 bits per heavy atom. The molecule has 0 nitrogen and oxygen atoms in total. The number of benzene rings is 1. The Balaban J connectivity index is 2.88. The lowest BCUT2D eigenvalue weighted by Gasteiger charge is -1.94. The van der Waals surface area contributed by atoms with Crippen LogP contribution in [0.1, 0.15) is 0 Å². The Hall–Kier alpha value is 0.870. The fraction of sp³-hybridized carbons (Fsp3) is 0. The van der Waals surface area contributed by atoms with Crippen molar-refractivity contribution in [1.29, 1.82) is 0 Å². The van der Waals surface area contributed by atoms with Crippen LogP contribution in [0.4, 0.5) is 0 Å². The van der Waals surface area contributed by atoms with E-state index in [0.29, 0.717) is 0 Å². The number of halogens is 3. The third kappa shape index (κ3) is 1.71. The minimum Gasteiger partial charge on any atom is -0.128 e. The summed E-state index contributed by atoms with van der Waals surface area (Å²) in [6.45, 7) is 0. The van der Waals surface area contributed by atoms with Crippen LogP contribution in [-0.2, 0) is 0 Å². The molecular weight excluding hydrogens is 415 g/mol. The number of fused-ring (bicyclic) bond motifs is 1. The molecule has 0 fully saturated rings. The van der Waals surface area contributed by atoms with E-state index in [1.54, 1.807) is 11.3 Å². The topological polar surface area (TPSA) is 0 Å². The third-order valence-electron chi connectivity index (χ3n) is 1.52. The van der Waals surface area contributed by atoms with E-state index in [1.807, 2.05) is 0 Å². The highest BCUT2D eigenvalue weighted by molar-refractivity contribution is 14.1. The van der Waals surface area contributed by atoms with Crippen LogP contribution in [0.25, 0.3) is 10.1 Å². The van der Waals surface area contributed by atoms with Crippen molar-refractivity contribution in [2.45, 2.75) is 0 Å². The fourth-order valence-electron chi connectivity index (χ4n) is 1.03. The molecule has 0 saturated carbocycles. The zero-order valence-electron chi connectivity index (χ0n) is 5.77. The zero-order chi connectivity index (χ0) is 8.72. The highest BCUT2D eigenvalue weighted by Crippen LogP contribution is 2.34. The second kappa shape index (κ2) is 3.55. The van der Waals surface area contributed by atoms with Gasteiger partial charge in [-0.1, -0.05) is 15.9 Å².